The van der Waals surface area contributed by atoms with Gasteiger partial charge in [0.05, 0.1) is 0 Å². The van der Waals surface area contributed by atoms with Gasteiger partial charge in [-0.3, -0.25) is 0 Å². The van der Waals surface area contributed by atoms with Crippen molar-refractivity contribution in [3.8, 4) is 0 Å². The maximum atomic E-state index is 8.63. The quantitative estimate of drug-likeness (QED) is 0.632. The van der Waals surface area contributed by atoms with Gasteiger partial charge < -0.3 is 10.0 Å². The standard InChI is InChI=1S/C9H21NO/c1-4-9(6-5-7-11)8-10(2)3/h9,11H,4-8H2,1-3H3/t9-/m1/s1. The summed E-state index contributed by atoms with van der Waals surface area (Å²) in [5.74, 6) is 0.761. The van der Waals surface area contributed by atoms with E-state index in [1.165, 1.54) is 6.42 Å². The molecule has 2 nitrogen and oxygen atoms in total. The normalized spacial score (nSPS) is 13.9. The van der Waals surface area contributed by atoms with Crippen LogP contribution in [0.4, 0.5) is 0 Å². The van der Waals surface area contributed by atoms with Crippen molar-refractivity contribution in [2.24, 2.45) is 5.92 Å². The molecule has 0 unspecified atom stereocenters. The highest BCUT2D eigenvalue weighted by molar-refractivity contribution is 4.59. The molecule has 1 atom stereocenters. The molecule has 2 heteroatoms. The Bertz CT molecular complexity index is 83.6. The first-order valence-electron chi connectivity index (χ1n) is 4.46. The average Bonchev–Trinajstić information content (AvgIpc) is 1.97. The summed E-state index contributed by atoms with van der Waals surface area (Å²) < 4.78 is 0. The molecule has 0 aromatic heterocycles. The van der Waals surface area contributed by atoms with Crippen molar-refractivity contribution in [1.82, 2.24) is 4.90 Å². The van der Waals surface area contributed by atoms with Crippen LogP contribution in [0.3, 0.4) is 0 Å². The predicted octanol–water partition coefficient (Wildman–Crippen LogP) is 1.35. The van der Waals surface area contributed by atoms with Crippen molar-refractivity contribution in [3.05, 3.63) is 0 Å². The summed E-state index contributed by atoms with van der Waals surface area (Å²) >= 11 is 0. The van der Waals surface area contributed by atoms with Crippen LogP contribution in [-0.2, 0) is 0 Å². The van der Waals surface area contributed by atoms with E-state index in [2.05, 4.69) is 25.9 Å². The molecule has 0 radical (unpaired) electrons. The highest BCUT2D eigenvalue weighted by Crippen LogP contribution is 2.10. The van der Waals surface area contributed by atoms with E-state index in [-0.39, 0.29) is 0 Å². The van der Waals surface area contributed by atoms with Gasteiger partial charge in [-0.25, -0.2) is 0 Å². The van der Waals surface area contributed by atoms with Crippen molar-refractivity contribution in [1.29, 1.82) is 0 Å². The molecule has 0 fully saturated rings. The van der Waals surface area contributed by atoms with Gasteiger partial charge >= 0.3 is 0 Å². The molecule has 1 N–H and O–H groups in total. The number of aliphatic hydroxyl groups is 1. The first-order chi connectivity index (χ1) is 5.20. The largest absolute Gasteiger partial charge is 0.396 e. The van der Waals surface area contributed by atoms with E-state index in [1.54, 1.807) is 0 Å². The van der Waals surface area contributed by atoms with E-state index in [9.17, 15) is 0 Å². The van der Waals surface area contributed by atoms with Gasteiger partial charge in [0.2, 0.25) is 0 Å². The summed E-state index contributed by atoms with van der Waals surface area (Å²) in [5.41, 5.74) is 0. The van der Waals surface area contributed by atoms with Crippen LogP contribution in [-0.4, -0.2) is 37.3 Å². The molecular formula is C9H21NO. The van der Waals surface area contributed by atoms with E-state index in [1.807, 2.05) is 0 Å². The fraction of sp³-hybridized carbons (Fsp3) is 1.00. The molecule has 0 aromatic rings. The first-order valence-corrected chi connectivity index (χ1v) is 4.46. The number of hydrogen-bond donors (Lipinski definition) is 1. The molecule has 68 valence electrons. The van der Waals surface area contributed by atoms with Crippen LogP contribution in [0.5, 0.6) is 0 Å². The van der Waals surface area contributed by atoms with Crippen molar-refractivity contribution in [3.63, 3.8) is 0 Å². The van der Waals surface area contributed by atoms with Gasteiger partial charge in [-0.05, 0) is 32.9 Å². The summed E-state index contributed by atoms with van der Waals surface area (Å²) in [5, 5.41) is 8.63. The third kappa shape index (κ3) is 6.32. The molecule has 0 aliphatic heterocycles. The van der Waals surface area contributed by atoms with Crippen LogP contribution >= 0.6 is 0 Å². The van der Waals surface area contributed by atoms with E-state index in [4.69, 9.17) is 5.11 Å². The van der Waals surface area contributed by atoms with Crippen molar-refractivity contribution in [2.75, 3.05) is 27.2 Å². The Balaban J connectivity index is 3.41. The maximum Gasteiger partial charge on any atom is 0.0431 e. The Hall–Kier alpha value is -0.0800. The smallest absolute Gasteiger partial charge is 0.0431 e. The minimum atomic E-state index is 0.337. The first kappa shape index (κ1) is 10.9. The van der Waals surface area contributed by atoms with Gasteiger partial charge in [0, 0.05) is 13.2 Å². The molecule has 0 aliphatic carbocycles. The second kappa shape index (κ2) is 6.62. The molecule has 0 spiro atoms. The molecule has 0 rings (SSSR count). The lowest BCUT2D eigenvalue weighted by molar-refractivity contribution is 0.249. The van der Waals surface area contributed by atoms with E-state index >= 15 is 0 Å². The summed E-state index contributed by atoms with van der Waals surface area (Å²) in [4.78, 5) is 2.21. The van der Waals surface area contributed by atoms with Crippen LogP contribution < -0.4 is 0 Å². The lowest BCUT2D eigenvalue weighted by atomic mass is 10.0. The zero-order chi connectivity index (χ0) is 8.69. The third-order valence-electron chi connectivity index (χ3n) is 1.97. The summed E-state index contributed by atoms with van der Waals surface area (Å²) in [6, 6.07) is 0. The SMILES string of the molecule is CC[C@H](CCCO)CN(C)C. The molecule has 0 saturated carbocycles. The minimum absolute atomic E-state index is 0.337. The third-order valence-corrected chi connectivity index (χ3v) is 1.97. The topological polar surface area (TPSA) is 23.5 Å². The lowest BCUT2D eigenvalue weighted by Gasteiger charge is -2.18. The highest BCUT2D eigenvalue weighted by Gasteiger charge is 2.05. The fourth-order valence-corrected chi connectivity index (χ4v) is 1.32. The fourth-order valence-electron chi connectivity index (χ4n) is 1.32. The van der Waals surface area contributed by atoms with Crippen LogP contribution in [0.15, 0.2) is 0 Å². The van der Waals surface area contributed by atoms with Gasteiger partial charge in [-0.15, -0.1) is 0 Å². The molecule has 11 heavy (non-hydrogen) atoms. The summed E-state index contributed by atoms with van der Waals surface area (Å²) in [6.07, 6.45) is 3.33. The molecule has 0 aliphatic rings. The van der Waals surface area contributed by atoms with Gasteiger partial charge in [0.25, 0.3) is 0 Å². The second-order valence-corrected chi connectivity index (χ2v) is 3.40. The molecule has 0 saturated heterocycles. The van der Waals surface area contributed by atoms with Crippen molar-refractivity contribution < 1.29 is 5.11 Å². The molecule has 0 heterocycles. The monoisotopic (exact) mass is 159 g/mol. The Kier molecular flexibility index (Phi) is 6.57. The highest BCUT2D eigenvalue weighted by atomic mass is 16.2. The van der Waals surface area contributed by atoms with E-state index < -0.39 is 0 Å². The van der Waals surface area contributed by atoms with E-state index in [0.717, 1.165) is 25.3 Å². The summed E-state index contributed by atoms with van der Waals surface area (Å²) in [7, 11) is 4.20. The Morgan fingerprint density at radius 1 is 1.36 bits per heavy atom. The number of nitrogens with zero attached hydrogens (tertiary/aromatic N) is 1. The van der Waals surface area contributed by atoms with Crippen molar-refractivity contribution >= 4 is 0 Å². The van der Waals surface area contributed by atoms with Crippen LogP contribution in [0.25, 0.3) is 0 Å². The number of aliphatic hydroxyl groups excluding tert-OH is 1. The average molecular weight is 159 g/mol. The van der Waals surface area contributed by atoms with Crippen LogP contribution in [0, 0.1) is 5.92 Å². The zero-order valence-electron chi connectivity index (χ0n) is 8.01. The zero-order valence-corrected chi connectivity index (χ0v) is 8.01. The Morgan fingerprint density at radius 2 is 2.00 bits per heavy atom. The van der Waals surface area contributed by atoms with Gasteiger partial charge in [0.15, 0.2) is 0 Å². The lowest BCUT2D eigenvalue weighted by Crippen LogP contribution is -2.21. The molecule has 0 bridgehead atoms. The van der Waals surface area contributed by atoms with Gasteiger partial charge in [-0.1, -0.05) is 13.3 Å². The number of hydrogen-bond acceptors (Lipinski definition) is 2. The summed E-state index contributed by atoms with van der Waals surface area (Å²) in [6.45, 7) is 3.70. The Labute approximate surface area is 70.2 Å². The van der Waals surface area contributed by atoms with E-state index in [0.29, 0.717) is 6.61 Å². The Morgan fingerprint density at radius 3 is 2.36 bits per heavy atom. The predicted molar refractivity (Wildman–Crippen MR) is 48.7 cm³/mol. The molecule has 0 aromatic carbocycles. The number of rotatable bonds is 6. The van der Waals surface area contributed by atoms with Crippen LogP contribution in [0.2, 0.25) is 0 Å². The van der Waals surface area contributed by atoms with Crippen molar-refractivity contribution in [2.45, 2.75) is 26.2 Å². The van der Waals surface area contributed by atoms with Crippen LogP contribution in [0.1, 0.15) is 26.2 Å². The second-order valence-electron chi connectivity index (χ2n) is 3.40. The minimum Gasteiger partial charge on any atom is -0.396 e. The molecular weight excluding hydrogens is 138 g/mol. The van der Waals surface area contributed by atoms with Gasteiger partial charge in [0.1, 0.15) is 0 Å². The molecule has 0 amide bonds. The maximum absolute atomic E-state index is 8.63. The van der Waals surface area contributed by atoms with Gasteiger partial charge in [-0.2, -0.15) is 0 Å².